The average molecular weight is 367 g/mol. The summed E-state index contributed by atoms with van der Waals surface area (Å²) in [5.74, 6) is 5.79. The van der Waals surface area contributed by atoms with Crippen LogP contribution in [0.4, 0.5) is 0 Å². The summed E-state index contributed by atoms with van der Waals surface area (Å²) in [5, 5.41) is 2.16. The van der Waals surface area contributed by atoms with E-state index in [4.69, 9.17) is 5.84 Å². The second-order valence-corrected chi connectivity index (χ2v) is 8.33. The molecule has 7 heteroatoms. The van der Waals surface area contributed by atoms with Gasteiger partial charge in [-0.05, 0) is 43.0 Å². The van der Waals surface area contributed by atoms with Gasteiger partial charge in [0, 0.05) is 42.1 Å². The van der Waals surface area contributed by atoms with Crippen LogP contribution in [0.2, 0.25) is 0 Å². The third-order valence-electron chi connectivity index (χ3n) is 6.58. The maximum Gasteiger partial charge on any atom is 0.257 e. The molecule has 2 saturated heterocycles. The first-order valence-electron chi connectivity index (χ1n) is 9.63. The number of aromatic nitrogens is 1. The summed E-state index contributed by atoms with van der Waals surface area (Å²) in [4.78, 5) is 31.7. The minimum absolute atomic E-state index is 0.230. The number of nitrogens with one attached hydrogen (secondary N) is 1. The Kier molecular flexibility index (Phi) is 3.86. The number of amides is 2. The monoisotopic (exact) mass is 367 g/mol. The summed E-state index contributed by atoms with van der Waals surface area (Å²) < 4.78 is 0. The number of aromatic amines is 1. The number of hydrogen-bond acceptors (Lipinski definition) is 5. The topological polar surface area (TPSA) is 85.7 Å². The lowest BCUT2D eigenvalue weighted by molar-refractivity contribution is -0.152. The molecule has 1 unspecified atom stereocenters. The normalized spacial score (nSPS) is 29.4. The largest absolute Gasteiger partial charge is 0.361 e. The zero-order valence-corrected chi connectivity index (χ0v) is 15.5. The minimum Gasteiger partial charge on any atom is -0.361 e. The van der Waals surface area contributed by atoms with Crippen LogP contribution in [0, 0.1) is 5.92 Å². The van der Waals surface area contributed by atoms with Crippen LogP contribution < -0.4 is 5.84 Å². The van der Waals surface area contributed by atoms with Gasteiger partial charge in [-0.1, -0.05) is 12.1 Å². The van der Waals surface area contributed by atoms with E-state index in [0.717, 1.165) is 30.9 Å². The molecule has 7 nitrogen and oxygen atoms in total. The third-order valence-corrected chi connectivity index (χ3v) is 6.58. The van der Waals surface area contributed by atoms with Crippen LogP contribution in [0.25, 0.3) is 10.9 Å². The Hall–Kier alpha value is -2.22. The van der Waals surface area contributed by atoms with Crippen LogP contribution in [-0.4, -0.2) is 70.9 Å². The fourth-order valence-corrected chi connectivity index (χ4v) is 5.41. The summed E-state index contributed by atoms with van der Waals surface area (Å²) in [7, 11) is 2.20. The van der Waals surface area contributed by atoms with Crippen LogP contribution in [0.1, 0.15) is 23.5 Å². The van der Waals surface area contributed by atoms with Gasteiger partial charge in [0.2, 0.25) is 0 Å². The van der Waals surface area contributed by atoms with Crippen molar-refractivity contribution in [1.29, 1.82) is 0 Å². The molecule has 1 aliphatic carbocycles. The van der Waals surface area contributed by atoms with Gasteiger partial charge in [0.15, 0.2) is 0 Å². The lowest BCUT2D eigenvalue weighted by atomic mass is 9.72. The maximum absolute atomic E-state index is 11.9. The van der Waals surface area contributed by atoms with Gasteiger partial charge in [-0.15, -0.1) is 0 Å². The fourth-order valence-electron chi connectivity index (χ4n) is 5.41. The van der Waals surface area contributed by atoms with E-state index in [2.05, 4.69) is 41.3 Å². The standard InChI is InChI=1S/C20H25N5O2/c1-23-8-12(9-24-10-18(26)25(21)19(27)11-24)5-15-14-3-2-4-16-20(14)13(7-22-16)6-17(15)23/h2-4,7,12,15,17,22H,5-6,8-11,21H2,1H3/t12-,15?,17-/m1/s1. The molecule has 3 atom stereocenters. The molecule has 1 aromatic carbocycles. The van der Waals surface area contributed by atoms with E-state index < -0.39 is 0 Å². The van der Waals surface area contributed by atoms with Crippen LogP contribution in [0.15, 0.2) is 24.4 Å². The molecule has 0 radical (unpaired) electrons. The first-order chi connectivity index (χ1) is 13.0. The molecule has 3 N–H and O–H groups in total. The van der Waals surface area contributed by atoms with E-state index in [-0.39, 0.29) is 24.9 Å². The number of rotatable bonds is 2. The average Bonchev–Trinajstić information content (AvgIpc) is 3.05. The summed E-state index contributed by atoms with van der Waals surface area (Å²) in [5.41, 5.74) is 4.08. The van der Waals surface area contributed by atoms with E-state index in [1.807, 2.05) is 4.90 Å². The molecule has 27 heavy (non-hydrogen) atoms. The highest BCUT2D eigenvalue weighted by Crippen LogP contribution is 2.44. The first-order valence-corrected chi connectivity index (χ1v) is 9.63. The number of nitrogens with two attached hydrogens (primary N) is 1. The zero-order valence-electron chi connectivity index (χ0n) is 15.5. The van der Waals surface area contributed by atoms with Crippen molar-refractivity contribution in [2.24, 2.45) is 11.8 Å². The molecule has 2 amide bonds. The van der Waals surface area contributed by atoms with Gasteiger partial charge in [0.05, 0.1) is 13.1 Å². The van der Waals surface area contributed by atoms with Crippen molar-refractivity contribution in [2.45, 2.75) is 24.8 Å². The highest BCUT2D eigenvalue weighted by Gasteiger charge is 2.40. The van der Waals surface area contributed by atoms with Crippen LogP contribution in [-0.2, 0) is 16.0 Å². The molecule has 1 aromatic heterocycles. The number of carbonyl (C=O) groups excluding carboxylic acids is 2. The van der Waals surface area contributed by atoms with Crippen molar-refractivity contribution < 1.29 is 9.59 Å². The van der Waals surface area contributed by atoms with Gasteiger partial charge in [-0.2, -0.15) is 0 Å². The molecule has 2 aromatic rings. The molecule has 142 valence electrons. The highest BCUT2D eigenvalue weighted by atomic mass is 16.2. The number of imide groups is 1. The van der Waals surface area contributed by atoms with Gasteiger partial charge >= 0.3 is 0 Å². The number of H-pyrrole nitrogens is 1. The van der Waals surface area contributed by atoms with Crippen molar-refractivity contribution in [3.63, 3.8) is 0 Å². The Labute approximate surface area is 158 Å². The number of fused-ring (bicyclic) bond motifs is 2. The second-order valence-electron chi connectivity index (χ2n) is 8.33. The van der Waals surface area contributed by atoms with Crippen molar-refractivity contribution in [3.8, 4) is 0 Å². The summed E-state index contributed by atoms with van der Waals surface area (Å²) in [6, 6.07) is 7.07. The van der Waals surface area contributed by atoms with E-state index in [0.29, 0.717) is 17.9 Å². The number of benzene rings is 1. The predicted octanol–water partition coefficient (Wildman–Crippen LogP) is 0.672. The number of nitrogens with zero attached hydrogens (tertiary/aromatic N) is 3. The van der Waals surface area contributed by atoms with E-state index in [1.165, 1.54) is 22.0 Å². The highest BCUT2D eigenvalue weighted by molar-refractivity contribution is 5.98. The molecule has 3 heterocycles. The molecular weight excluding hydrogens is 342 g/mol. The number of carbonyl (C=O) groups is 2. The first kappa shape index (κ1) is 16.9. The van der Waals surface area contributed by atoms with Crippen molar-refractivity contribution in [1.82, 2.24) is 19.8 Å². The lowest BCUT2D eigenvalue weighted by Gasteiger charge is -2.46. The predicted molar refractivity (Wildman–Crippen MR) is 102 cm³/mol. The van der Waals surface area contributed by atoms with Crippen molar-refractivity contribution in [3.05, 3.63) is 35.5 Å². The van der Waals surface area contributed by atoms with Gasteiger partial charge in [0.1, 0.15) is 0 Å². The molecule has 0 spiro atoms. The Morgan fingerprint density at radius 2 is 2.00 bits per heavy atom. The molecule has 2 aliphatic heterocycles. The third kappa shape index (κ3) is 2.69. The molecule has 0 saturated carbocycles. The number of hydrazine groups is 1. The molecular formula is C20H25N5O2. The van der Waals surface area contributed by atoms with Gasteiger partial charge in [0.25, 0.3) is 11.8 Å². The van der Waals surface area contributed by atoms with Gasteiger partial charge in [-0.3, -0.25) is 14.5 Å². The number of hydrogen-bond donors (Lipinski definition) is 2. The molecule has 0 bridgehead atoms. The molecule has 5 rings (SSSR count). The Bertz CT molecular complexity index is 904. The Morgan fingerprint density at radius 3 is 2.78 bits per heavy atom. The minimum atomic E-state index is -0.312. The number of piperidine rings is 1. The SMILES string of the molecule is CN1C[C@H](CN2CC(=O)N(N)C(=O)C2)CC2c3cccc4[nH]cc(c34)C[C@H]21. The van der Waals surface area contributed by atoms with Crippen molar-refractivity contribution in [2.75, 3.05) is 33.2 Å². The lowest BCUT2D eigenvalue weighted by Crippen LogP contribution is -2.58. The van der Waals surface area contributed by atoms with Crippen molar-refractivity contribution >= 4 is 22.7 Å². The van der Waals surface area contributed by atoms with Crippen LogP contribution >= 0.6 is 0 Å². The zero-order chi connectivity index (χ0) is 18.7. The quantitative estimate of drug-likeness (QED) is 0.463. The van der Waals surface area contributed by atoms with E-state index >= 15 is 0 Å². The van der Waals surface area contributed by atoms with Crippen LogP contribution in [0.3, 0.4) is 0 Å². The maximum atomic E-state index is 11.9. The molecule has 2 fully saturated rings. The van der Waals surface area contributed by atoms with E-state index in [9.17, 15) is 9.59 Å². The van der Waals surface area contributed by atoms with Gasteiger partial charge in [-0.25, -0.2) is 10.9 Å². The van der Waals surface area contributed by atoms with Crippen LogP contribution in [0.5, 0.6) is 0 Å². The molecule has 3 aliphatic rings. The summed E-state index contributed by atoms with van der Waals surface area (Å²) >= 11 is 0. The smallest absolute Gasteiger partial charge is 0.257 e. The van der Waals surface area contributed by atoms with Gasteiger partial charge < -0.3 is 9.88 Å². The van der Waals surface area contributed by atoms with E-state index in [1.54, 1.807) is 0 Å². The Balaban J connectivity index is 1.39. The number of likely N-dealkylation sites (tertiary alicyclic amines) is 1. The number of piperazine rings is 1. The summed E-state index contributed by atoms with van der Waals surface area (Å²) in [6.07, 6.45) is 4.32. The summed E-state index contributed by atoms with van der Waals surface area (Å²) in [6.45, 7) is 2.21. The second kappa shape index (κ2) is 6.15. The fraction of sp³-hybridized carbons (Fsp3) is 0.500. The number of likely N-dealkylation sites (N-methyl/N-ethyl adjacent to an activating group) is 1. The Morgan fingerprint density at radius 1 is 1.22 bits per heavy atom.